The molecule has 21 heavy (non-hydrogen) atoms. The molecule has 0 amide bonds. The molecule has 0 saturated carbocycles. The fourth-order valence-electron chi connectivity index (χ4n) is 2.54. The average molecular weight is 298 g/mol. The molecule has 0 radical (unpaired) electrons. The van der Waals surface area contributed by atoms with Crippen molar-refractivity contribution in [2.75, 3.05) is 13.2 Å². The maximum absolute atomic E-state index is 11.6. The summed E-state index contributed by atoms with van der Waals surface area (Å²) in [6.45, 7) is 0.981. The number of esters is 1. The zero-order chi connectivity index (χ0) is 14.5. The third-order valence-corrected chi connectivity index (χ3v) is 6.22. The van der Waals surface area contributed by atoms with E-state index in [0.717, 1.165) is 6.42 Å². The zero-order valence-electron chi connectivity index (χ0n) is 11.8. The minimum atomic E-state index is -1.74. The van der Waals surface area contributed by atoms with E-state index >= 15 is 0 Å². The van der Waals surface area contributed by atoms with Gasteiger partial charge in [-0.25, -0.2) is 0 Å². The third-order valence-electron chi connectivity index (χ3n) is 3.71. The SMILES string of the molecule is O=C1OCCC1CO[SiH](c1ccccc1)c1ccccc1. The summed E-state index contributed by atoms with van der Waals surface area (Å²) in [5.41, 5.74) is 0. The Bertz CT molecular complexity index is 546. The molecule has 0 spiro atoms. The van der Waals surface area contributed by atoms with Crippen LogP contribution >= 0.6 is 0 Å². The summed E-state index contributed by atoms with van der Waals surface area (Å²) >= 11 is 0. The lowest BCUT2D eigenvalue weighted by atomic mass is 10.1. The summed E-state index contributed by atoms with van der Waals surface area (Å²) in [7, 11) is -1.74. The Labute approximate surface area is 126 Å². The minimum absolute atomic E-state index is 0.104. The molecule has 1 aliphatic rings. The van der Waals surface area contributed by atoms with Crippen LogP contribution in [-0.2, 0) is 14.0 Å². The van der Waals surface area contributed by atoms with Gasteiger partial charge in [0.05, 0.1) is 12.5 Å². The van der Waals surface area contributed by atoms with E-state index in [1.807, 2.05) is 36.4 Å². The summed E-state index contributed by atoms with van der Waals surface area (Å²) in [5, 5.41) is 2.46. The van der Waals surface area contributed by atoms with Crippen molar-refractivity contribution in [1.82, 2.24) is 0 Å². The van der Waals surface area contributed by atoms with Gasteiger partial charge in [0.1, 0.15) is 0 Å². The van der Waals surface area contributed by atoms with Gasteiger partial charge in [-0.3, -0.25) is 4.79 Å². The highest BCUT2D eigenvalue weighted by molar-refractivity contribution is 6.80. The van der Waals surface area contributed by atoms with E-state index in [4.69, 9.17) is 9.16 Å². The van der Waals surface area contributed by atoms with Gasteiger partial charge < -0.3 is 9.16 Å². The number of rotatable bonds is 5. The number of hydrogen-bond acceptors (Lipinski definition) is 3. The summed E-state index contributed by atoms with van der Waals surface area (Å²) < 4.78 is 11.2. The van der Waals surface area contributed by atoms with Gasteiger partial charge in [-0.2, -0.15) is 0 Å². The van der Waals surface area contributed by atoms with Crippen molar-refractivity contribution in [3.05, 3.63) is 60.7 Å². The molecule has 1 fully saturated rings. The highest BCUT2D eigenvalue weighted by atomic mass is 28.3. The fourth-order valence-corrected chi connectivity index (χ4v) is 4.88. The molecule has 2 aromatic carbocycles. The Hall–Kier alpha value is -1.91. The fraction of sp³-hybridized carbons (Fsp3) is 0.235. The number of benzene rings is 2. The van der Waals surface area contributed by atoms with Crippen LogP contribution in [0.15, 0.2) is 60.7 Å². The monoisotopic (exact) mass is 298 g/mol. The molecule has 0 N–H and O–H groups in total. The van der Waals surface area contributed by atoms with Crippen LogP contribution in [0.25, 0.3) is 0 Å². The summed E-state index contributed by atoms with van der Waals surface area (Å²) in [4.78, 5) is 11.6. The molecule has 1 atom stereocenters. The van der Waals surface area contributed by atoms with E-state index in [1.165, 1.54) is 10.4 Å². The molecular weight excluding hydrogens is 280 g/mol. The first-order valence-electron chi connectivity index (χ1n) is 7.23. The predicted octanol–water partition coefficient (Wildman–Crippen LogP) is 1.10. The molecule has 0 aliphatic carbocycles. The van der Waals surface area contributed by atoms with Crippen LogP contribution in [0.2, 0.25) is 0 Å². The smallest absolute Gasteiger partial charge is 0.311 e. The van der Waals surface area contributed by atoms with Gasteiger partial charge in [0.25, 0.3) is 0 Å². The Kier molecular flexibility index (Phi) is 4.48. The van der Waals surface area contributed by atoms with Crippen molar-refractivity contribution in [3.8, 4) is 0 Å². The van der Waals surface area contributed by atoms with Crippen LogP contribution in [0.4, 0.5) is 0 Å². The molecule has 1 saturated heterocycles. The van der Waals surface area contributed by atoms with Crippen molar-refractivity contribution in [2.24, 2.45) is 5.92 Å². The molecule has 1 heterocycles. The molecule has 108 valence electrons. The van der Waals surface area contributed by atoms with E-state index in [2.05, 4.69) is 24.3 Å². The molecule has 4 heteroatoms. The second-order valence-electron chi connectivity index (χ2n) is 5.19. The maximum Gasteiger partial charge on any atom is 0.311 e. The Balaban J connectivity index is 1.78. The van der Waals surface area contributed by atoms with Gasteiger partial charge in [-0.05, 0) is 16.8 Å². The first-order valence-corrected chi connectivity index (χ1v) is 8.85. The Morgan fingerprint density at radius 3 is 2.05 bits per heavy atom. The Morgan fingerprint density at radius 1 is 1.00 bits per heavy atom. The number of carbonyl (C=O) groups excluding carboxylic acids is 1. The van der Waals surface area contributed by atoms with E-state index < -0.39 is 9.04 Å². The predicted molar refractivity (Wildman–Crippen MR) is 84.3 cm³/mol. The first-order chi connectivity index (χ1) is 10.3. The van der Waals surface area contributed by atoms with Crippen LogP contribution in [0.1, 0.15) is 6.42 Å². The van der Waals surface area contributed by atoms with Gasteiger partial charge in [-0.1, -0.05) is 60.7 Å². The third kappa shape index (κ3) is 3.40. The van der Waals surface area contributed by atoms with Crippen LogP contribution in [-0.4, -0.2) is 28.2 Å². The molecule has 3 rings (SSSR count). The lowest BCUT2D eigenvalue weighted by Gasteiger charge is -2.18. The lowest BCUT2D eigenvalue weighted by Crippen LogP contribution is -2.46. The van der Waals surface area contributed by atoms with Gasteiger partial charge in [0.15, 0.2) is 0 Å². The number of carbonyl (C=O) groups is 1. The molecule has 1 unspecified atom stereocenters. The molecule has 0 aromatic heterocycles. The lowest BCUT2D eigenvalue weighted by molar-refractivity contribution is -0.141. The standard InChI is InChI=1S/C17H18O3Si/c18-17-14(11-12-19-17)13-20-21(15-7-3-1-4-8-15)16-9-5-2-6-10-16/h1-10,14,21H,11-13H2. The average Bonchev–Trinajstić information content (AvgIpc) is 2.95. The Morgan fingerprint density at radius 2 is 1.57 bits per heavy atom. The van der Waals surface area contributed by atoms with E-state index in [9.17, 15) is 4.79 Å². The molecular formula is C17H18O3Si. The molecule has 1 aliphatic heterocycles. The maximum atomic E-state index is 11.6. The molecule has 0 bridgehead atoms. The van der Waals surface area contributed by atoms with E-state index in [0.29, 0.717) is 13.2 Å². The second kappa shape index (κ2) is 6.69. The van der Waals surface area contributed by atoms with Gasteiger partial charge in [-0.15, -0.1) is 0 Å². The largest absolute Gasteiger partial charge is 0.465 e. The van der Waals surface area contributed by atoms with Crippen LogP contribution < -0.4 is 10.4 Å². The van der Waals surface area contributed by atoms with Crippen LogP contribution in [0, 0.1) is 5.92 Å². The number of hydrogen-bond donors (Lipinski definition) is 0. The highest BCUT2D eigenvalue weighted by Crippen LogP contribution is 2.14. The second-order valence-corrected chi connectivity index (χ2v) is 7.61. The normalized spacial score (nSPS) is 18.0. The summed E-state index contributed by atoms with van der Waals surface area (Å²) in [6.07, 6.45) is 0.767. The minimum Gasteiger partial charge on any atom is -0.465 e. The van der Waals surface area contributed by atoms with Crippen molar-refractivity contribution in [1.29, 1.82) is 0 Å². The number of cyclic esters (lactones) is 1. The summed E-state index contributed by atoms with van der Waals surface area (Å²) in [6, 6.07) is 20.6. The first kappa shape index (κ1) is 14.0. The highest BCUT2D eigenvalue weighted by Gasteiger charge is 2.28. The van der Waals surface area contributed by atoms with Crippen molar-refractivity contribution in [3.63, 3.8) is 0 Å². The van der Waals surface area contributed by atoms with E-state index in [1.54, 1.807) is 0 Å². The van der Waals surface area contributed by atoms with Gasteiger partial charge in [0, 0.05) is 6.61 Å². The topological polar surface area (TPSA) is 35.5 Å². The quantitative estimate of drug-likeness (QED) is 0.613. The van der Waals surface area contributed by atoms with Crippen LogP contribution in [0.3, 0.4) is 0 Å². The van der Waals surface area contributed by atoms with Crippen molar-refractivity contribution in [2.45, 2.75) is 6.42 Å². The summed E-state index contributed by atoms with van der Waals surface area (Å²) in [5.74, 6) is -0.226. The molecule has 3 nitrogen and oxygen atoms in total. The molecule has 2 aromatic rings. The van der Waals surface area contributed by atoms with Gasteiger partial charge in [0.2, 0.25) is 9.04 Å². The van der Waals surface area contributed by atoms with E-state index in [-0.39, 0.29) is 11.9 Å². The number of ether oxygens (including phenoxy) is 1. The van der Waals surface area contributed by atoms with Crippen LogP contribution in [0.5, 0.6) is 0 Å². The van der Waals surface area contributed by atoms with Gasteiger partial charge >= 0.3 is 5.97 Å². The zero-order valence-corrected chi connectivity index (χ0v) is 12.9. The van der Waals surface area contributed by atoms with Crippen molar-refractivity contribution >= 4 is 25.4 Å². The van der Waals surface area contributed by atoms with Crippen molar-refractivity contribution < 1.29 is 14.0 Å².